The first-order valence-electron chi connectivity index (χ1n) is 5.53. The minimum atomic E-state index is -0.965. The van der Waals surface area contributed by atoms with Crippen molar-refractivity contribution in [3.05, 3.63) is 46.8 Å². The normalized spacial score (nSPS) is 19.1. The van der Waals surface area contributed by atoms with Crippen molar-refractivity contribution in [2.24, 2.45) is 0 Å². The Morgan fingerprint density at radius 2 is 1.62 bits per heavy atom. The van der Waals surface area contributed by atoms with Crippen molar-refractivity contribution in [2.45, 2.75) is 37.6 Å². The van der Waals surface area contributed by atoms with Crippen LogP contribution in [0.25, 0.3) is 4.85 Å². The predicted octanol–water partition coefficient (Wildman–Crippen LogP) is 4.04. The Kier molecular flexibility index (Phi) is 2.91. The molecule has 0 spiro atoms. The maximum absolute atomic E-state index is 13.7. The average Bonchev–Trinajstić information content (AvgIpc) is 2.30. The van der Waals surface area contributed by atoms with Crippen molar-refractivity contribution >= 4 is 0 Å². The van der Waals surface area contributed by atoms with Crippen LogP contribution in [-0.2, 0) is 5.54 Å². The van der Waals surface area contributed by atoms with E-state index in [1.807, 2.05) is 0 Å². The molecule has 0 radical (unpaired) electrons. The van der Waals surface area contributed by atoms with Gasteiger partial charge >= 0.3 is 0 Å². The Morgan fingerprint density at radius 1 is 1.06 bits per heavy atom. The summed E-state index contributed by atoms with van der Waals surface area (Å²) in [6.45, 7) is 7.27. The van der Waals surface area contributed by atoms with E-state index in [1.165, 1.54) is 18.2 Å². The zero-order chi connectivity index (χ0) is 11.6. The summed E-state index contributed by atoms with van der Waals surface area (Å²) >= 11 is 0. The zero-order valence-corrected chi connectivity index (χ0v) is 8.97. The summed E-state index contributed by atoms with van der Waals surface area (Å²) in [5.41, 5.74) is -0.988. The molecule has 0 bridgehead atoms. The van der Waals surface area contributed by atoms with Crippen LogP contribution in [0.15, 0.2) is 18.2 Å². The topological polar surface area (TPSA) is 4.36 Å². The van der Waals surface area contributed by atoms with Crippen molar-refractivity contribution in [3.8, 4) is 0 Å². The van der Waals surface area contributed by atoms with E-state index in [9.17, 15) is 8.78 Å². The molecule has 1 fully saturated rings. The van der Waals surface area contributed by atoms with Crippen molar-refractivity contribution < 1.29 is 8.78 Å². The van der Waals surface area contributed by atoms with Crippen LogP contribution in [0.4, 0.5) is 8.78 Å². The van der Waals surface area contributed by atoms with Crippen LogP contribution in [-0.4, -0.2) is 0 Å². The summed E-state index contributed by atoms with van der Waals surface area (Å²) in [6.07, 6.45) is 3.92. The van der Waals surface area contributed by atoms with Crippen LogP contribution < -0.4 is 0 Å². The van der Waals surface area contributed by atoms with E-state index < -0.39 is 17.2 Å². The molecule has 0 N–H and O–H groups in total. The van der Waals surface area contributed by atoms with Gasteiger partial charge in [0.05, 0.1) is 0 Å². The van der Waals surface area contributed by atoms with Crippen molar-refractivity contribution in [1.82, 2.24) is 0 Å². The highest BCUT2D eigenvalue weighted by molar-refractivity contribution is 5.31. The first-order chi connectivity index (χ1) is 7.69. The summed E-state index contributed by atoms with van der Waals surface area (Å²) in [7, 11) is 0. The number of halogens is 2. The molecular weight excluding hydrogens is 208 g/mol. The third-order valence-electron chi connectivity index (χ3n) is 3.32. The van der Waals surface area contributed by atoms with Gasteiger partial charge in [-0.05, 0) is 25.0 Å². The van der Waals surface area contributed by atoms with Gasteiger partial charge in [0.1, 0.15) is 17.2 Å². The minimum absolute atomic E-state index is 0.0234. The largest absolute Gasteiger partial charge is 0.305 e. The molecule has 1 nitrogen and oxygen atoms in total. The van der Waals surface area contributed by atoms with Crippen LogP contribution in [0.1, 0.15) is 37.7 Å². The summed E-state index contributed by atoms with van der Waals surface area (Å²) in [6, 6.07) is 3.81. The highest BCUT2D eigenvalue weighted by Gasteiger charge is 2.44. The maximum Gasteiger partial charge on any atom is 0.263 e. The fourth-order valence-electron chi connectivity index (χ4n) is 2.50. The van der Waals surface area contributed by atoms with E-state index in [0.717, 1.165) is 19.3 Å². The summed E-state index contributed by atoms with van der Waals surface area (Å²) in [5.74, 6) is -1.17. The van der Waals surface area contributed by atoms with Crippen LogP contribution in [0, 0.1) is 18.2 Å². The lowest BCUT2D eigenvalue weighted by atomic mass is 9.77. The van der Waals surface area contributed by atoms with Gasteiger partial charge in [-0.1, -0.05) is 12.5 Å². The third-order valence-corrected chi connectivity index (χ3v) is 3.32. The summed E-state index contributed by atoms with van der Waals surface area (Å²) in [4.78, 5) is 3.54. The van der Waals surface area contributed by atoms with Gasteiger partial charge in [-0.15, -0.1) is 0 Å². The lowest BCUT2D eigenvalue weighted by Crippen LogP contribution is -2.27. The second-order valence-electron chi connectivity index (χ2n) is 4.30. The SMILES string of the molecule is [C-]#[N+]C1(c2c(F)cccc2F)CCCCC1. The molecule has 1 aromatic rings. The first kappa shape index (κ1) is 11.1. The van der Waals surface area contributed by atoms with Gasteiger partial charge in [0, 0.05) is 12.8 Å². The fourth-order valence-corrected chi connectivity index (χ4v) is 2.50. The lowest BCUT2D eigenvalue weighted by molar-refractivity contribution is 0.331. The Hall–Kier alpha value is -1.43. The average molecular weight is 221 g/mol. The van der Waals surface area contributed by atoms with E-state index >= 15 is 0 Å². The molecule has 0 aromatic heterocycles. The van der Waals surface area contributed by atoms with Crippen LogP contribution in [0.3, 0.4) is 0 Å². The molecule has 1 saturated carbocycles. The van der Waals surface area contributed by atoms with Gasteiger partial charge in [0.2, 0.25) is 0 Å². The molecule has 3 heteroatoms. The Morgan fingerprint density at radius 3 is 2.12 bits per heavy atom. The smallest absolute Gasteiger partial charge is 0.263 e. The third kappa shape index (κ3) is 1.69. The van der Waals surface area contributed by atoms with E-state index in [2.05, 4.69) is 4.85 Å². The van der Waals surface area contributed by atoms with Gasteiger partial charge in [-0.3, -0.25) is 0 Å². The quantitative estimate of drug-likeness (QED) is 0.630. The highest BCUT2D eigenvalue weighted by atomic mass is 19.1. The molecular formula is C13H13F2N. The van der Waals surface area contributed by atoms with Crippen LogP contribution in [0.5, 0.6) is 0 Å². The predicted molar refractivity (Wildman–Crippen MR) is 57.7 cm³/mol. The van der Waals surface area contributed by atoms with Gasteiger partial charge in [0.25, 0.3) is 5.54 Å². The first-order valence-corrected chi connectivity index (χ1v) is 5.53. The maximum atomic E-state index is 13.7. The Labute approximate surface area is 93.9 Å². The van der Waals surface area contributed by atoms with E-state index in [1.54, 1.807) is 0 Å². The van der Waals surface area contributed by atoms with Gasteiger partial charge < -0.3 is 4.85 Å². The van der Waals surface area contributed by atoms with Crippen LogP contribution in [0.2, 0.25) is 0 Å². The molecule has 84 valence electrons. The second-order valence-corrected chi connectivity index (χ2v) is 4.30. The summed E-state index contributed by atoms with van der Waals surface area (Å²) in [5, 5.41) is 0. The van der Waals surface area contributed by atoms with Crippen molar-refractivity contribution in [3.63, 3.8) is 0 Å². The monoisotopic (exact) mass is 221 g/mol. The van der Waals surface area contributed by atoms with Crippen LogP contribution >= 0.6 is 0 Å². The fraction of sp³-hybridized carbons (Fsp3) is 0.462. The molecule has 2 rings (SSSR count). The second kappa shape index (κ2) is 4.21. The van der Waals surface area contributed by atoms with E-state index in [0.29, 0.717) is 12.8 Å². The molecule has 1 aromatic carbocycles. The molecule has 0 saturated heterocycles. The zero-order valence-electron chi connectivity index (χ0n) is 8.97. The lowest BCUT2D eigenvalue weighted by Gasteiger charge is -2.26. The molecule has 1 aliphatic carbocycles. The molecule has 1 aliphatic rings. The molecule has 0 aliphatic heterocycles. The molecule has 0 heterocycles. The Bertz CT molecular complexity index is 408. The van der Waals surface area contributed by atoms with E-state index in [-0.39, 0.29) is 5.56 Å². The van der Waals surface area contributed by atoms with Gasteiger partial charge in [-0.25, -0.2) is 15.4 Å². The Balaban J connectivity index is 2.52. The number of hydrogen-bond acceptors (Lipinski definition) is 0. The molecule has 16 heavy (non-hydrogen) atoms. The number of benzene rings is 1. The molecule has 0 amide bonds. The van der Waals surface area contributed by atoms with E-state index in [4.69, 9.17) is 6.57 Å². The van der Waals surface area contributed by atoms with Gasteiger partial charge in [-0.2, -0.15) is 0 Å². The number of hydrogen-bond donors (Lipinski definition) is 0. The summed E-state index contributed by atoms with van der Waals surface area (Å²) < 4.78 is 27.4. The van der Waals surface area contributed by atoms with Crippen molar-refractivity contribution in [2.75, 3.05) is 0 Å². The molecule has 0 unspecified atom stereocenters. The standard InChI is InChI=1S/C13H13F2N/c1-16-13(8-3-2-4-9-13)12-10(14)6-5-7-11(12)15/h5-7H,2-4,8-9H2. The minimum Gasteiger partial charge on any atom is -0.305 e. The van der Waals surface area contributed by atoms with Crippen molar-refractivity contribution in [1.29, 1.82) is 0 Å². The highest BCUT2D eigenvalue weighted by Crippen LogP contribution is 2.42. The van der Waals surface area contributed by atoms with Gasteiger partial charge in [0.15, 0.2) is 0 Å². The molecule has 0 atom stereocenters. The number of nitrogens with zero attached hydrogens (tertiary/aromatic N) is 1. The number of rotatable bonds is 1.